The first kappa shape index (κ1) is 12.4. The van der Waals surface area contributed by atoms with Gasteiger partial charge in [-0.25, -0.2) is 4.21 Å². The third kappa shape index (κ3) is 3.15. The lowest BCUT2D eigenvalue weighted by Crippen LogP contribution is -2.06. The maximum Gasteiger partial charge on any atom is 0.259 e. The molecule has 16 heavy (non-hydrogen) atoms. The lowest BCUT2D eigenvalue weighted by molar-refractivity contribution is 0.101. The molecule has 2 N–H and O–H groups in total. The minimum absolute atomic E-state index is 0.0701. The molecule has 5 nitrogen and oxygen atoms in total. The van der Waals surface area contributed by atoms with Gasteiger partial charge in [0.25, 0.3) is 11.3 Å². The molecule has 0 aliphatic carbocycles. The average molecular weight is 238 g/mol. The van der Waals surface area contributed by atoms with Crippen molar-refractivity contribution >= 4 is 22.7 Å². The van der Waals surface area contributed by atoms with Gasteiger partial charge in [0.15, 0.2) is 5.78 Å². The molecule has 0 fully saturated rings. The van der Waals surface area contributed by atoms with Gasteiger partial charge in [-0.15, -0.1) is 0 Å². The normalized spacial score (nSPS) is 11.6. The molecule has 0 aliphatic heterocycles. The van der Waals surface area contributed by atoms with Gasteiger partial charge in [0.05, 0.1) is 18.2 Å². The van der Waals surface area contributed by atoms with E-state index in [0.29, 0.717) is 16.8 Å². The molecular formula is C10H10N2O3S. The molecule has 1 aromatic rings. The summed E-state index contributed by atoms with van der Waals surface area (Å²) in [6.45, 7) is 1.42. The van der Waals surface area contributed by atoms with Gasteiger partial charge in [0, 0.05) is 5.56 Å². The lowest BCUT2D eigenvalue weighted by atomic mass is 10.0. The van der Waals surface area contributed by atoms with Crippen LogP contribution in [0.3, 0.4) is 0 Å². The van der Waals surface area contributed by atoms with Crippen LogP contribution in [0.25, 0.3) is 0 Å². The van der Waals surface area contributed by atoms with Crippen LogP contribution in [-0.4, -0.2) is 14.5 Å². The zero-order valence-corrected chi connectivity index (χ0v) is 9.37. The Kier molecular flexibility index (Phi) is 4.17. The van der Waals surface area contributed by atoms with E-state index in [1.165, 1.54) is 13.0 Å². The molecule has 0 bridgehead atoms. The summed E-state index contributed by atoms with van der Waals surface area (Å²) in [4.78, 5) is 11.1. The van der Waals surface area contributed by atoms with Crippen LogP contribution in [0, 0.1) is 11.3 Å². The van der Waals surface area contributed by atoms with Gasteiger partial charge in [-0.05, 0) is 30.7 Å². The predicted molar refractivity (Wildman–Crippen MR) is 60.2 cm³/mol. The maximum atomic E-state index is 11.1. The van der Waals surface area contributed by atoms with Gasteiger partial charge in [-0.1, -0.05) is 0 Å². The minimum atomic E-state index is -2.19. The van der Waals surface area contributed by atoms with Crippen LogP contribution in [0.1, 0.15) is 22.8 Å². The fourth-order valence-electron chi connectivity index (χ4n) is 1.24. The number of ketones is 1. The van der Waals surface area contributed by atoms with Gasteiger partial charge in [0.1, 0.15) is 0 Å². The highest BCUT2D eigenvalue weighted by Gasteiger charge is 2.07. The molecule has 0 radical (unpaired) electrons. The molecule has 1 aromatic carbocycles. The number of nitrogens with one attached hydrogen (secondary N) is 1. The highest BCUT2D eigenvalue weighted by molar-refractivity contribution is 7.80. The Morgan fingerprint density at radius 3 is 2.81 bits per heavy atom. The van der Waals surface area contributed by atoms with E-state index in [1.807, 2.05) is 6.07 Å². The summed E-state index contributed by atoms with van der Waals surface area (Å²) in [6, 6.07) is 6.53. The van der Waals surface area contributed by atoms with Crippen molar-refractivity contribution in [1.82, 2.24) is 0 Å². The first-order chi connectivity index (χ1) is 7.54. The number of hydrogen-bond acceptors (Lipinski definition) is 3. The summed E-state index contributed by atoms with van der Waals surface area (Å²) in [5, 5.41) is 8.61. The first-order valence-corrected chi connectivity index (χ1v) is 5.53. The van der Waals surface area contributed by atoms with Crippen molar-refractivity contribution in [3.05, 3.63) is 29.3 Å². The van der Waals surface area contributed by atoms with Crippen LogP contribution in [0.5, 0.6) is 0 Å². The van der Waals surface area contributed by atoms with Crippen molar-refractivity contribution in [1.29, 1.82) is 5.26 Å². The van der Waals surface area contributed by atoms with Crippen LogP contribution >= 0.6 is 0 Å². The Balaban J connectivity index is 3.14. The molecular weight excluding hydrogens is 228 g/mol. The fraction of sp³-hybridized carbons (Fsp3) is 0.200. The van der Waals surface area contributed by atoms with Crippen molar-refractivity contribution < 1.29 is 13.6 Å². The Bertz CT molecular complexity index is 479. The van der Waals surface area contributed by atoms with Crippen molar-refractivity contribution in [2.24, 2.45) is 0 Å². The first-order valence-electron chi connectivity index (χ1n) is 4.43. The average Bonchev–Trinajstić information content (AvgIpc) is 2.20. The number of Topliss-reactive ketones (excluding diaryl/α,β-unsaturated/α-hetero) is 1. The van der Waals surface area contributed by atoms with E-state index in [4.69, 9.17) is 9.81 Å². The third-order valence-electron chi connectivity index (χ3n) is 1.98. The van der Waals surface area contributed by atoms with E-state index >= 15 is 0 Å². The lowest BCUT2D eigenvalue weighted by Gasteiger charge is -2.07. The molecule has 0 amide bonds. The highest BCUT2D eigenvalue weighted by Crippen LogP contribution is 2.18. The van der Waals surface area contributed by atoms with E-state index < -0.39 is 11.3 Å². The summed E-state index contributed by atoms with van der Waals surface area (Å²) in [6.07, 6.45) is 0.0701. The van der Waals surface area contributed by atoms with Crippen LogP contribution in [0.15, 0.2) is 18.2 Å². The zero-order chi connectivity index (χ0) is 12.1. The Labute approximate surface area is 95.5 Å². The Morgan fingerprint density at radius 1 is 1.62 bits per heavy atom. The largest absolute Gasteiger partial charge is 0.295 e. The van der Waals surface area contributed by atoms with Crippen LogP contribution in [0.2, 0.25) is 0 Å². The third-order valence-corrected chi connectivity index (χ3v) is 2.37. The van der Waals surface area contributed by atoms with Crippen molar-refractivity contribution in [3.8, 4) is 6.07 Å². The summed E-state index contributed by atoms with van der Waals surface area (Å²) in [5.41, 5.74) is 1.38. The summed E-state index contributed by atoms with van der Waals surface area (Å²) in [5.74, 6) is -0.115. The molecule has 84 valence electrons. The Morgan fingerprint density at radius 2 is 2.31 bits per heavy atom. The van der Waals surface area contributed by atoms with Crippen molar-refractivity contribution in [2.45, 2.75) is 13.3 Å². The van der Waals surface area contributed by atoms with Gasteiger partial charge < -0.3 is 0 Å². The van der Waals surface area contributed by atoms with Gasteiger partial charge in [0.2, 0.25) is 0 Å². The standard InChI is InChI=1S/C10H10N2O3S/c1-7(13)8-2-3-10(12-16(14)15)9(6-8)4-5-11/h2-3,6,12H,4H2,1H3,(H,14,15). The second kappa shape index (κ2) is 5.39. The van der Waals surface area contributed by atoms with Crippen LogP contribution in [-0.2, 0) is 17.7 Å². The molecule has 0 spiro atoms. The maximum absolute atomic E-state index is 11.1. The van der Waals surface area contributed by atoms with Crippen LogP contribution in [0.4, 0.5) is 5.69 Å². The number of nitrogens with zero attached hydrogens (tertiary/aromatic N) is 1. The van der Waals surface area contributed by atoms with E-state index in [9.17, 15) is 9.00 Å². The van der Waals surface area contributed by atoms with E-state index in [2.05, 4.69) is 4.72 Å². The summed E-state index contributed by atoms with van der Waals surface area (Å²) in [7, 11) is 0. The molecule has 0 saturated heterocycles. The minimum Gasteiger partial charge on any atom is -0.295 e. The number of benzene rings is 1. The monoisotopic (exact) mass is 238 g/mol. The quantitative estimate of drug-likeness (QED) is 0.614. The molecule has 0 heterocycles. The van der Waals surface area contributed by atoms with E-state index in [-0.39, 0.29) is 12.2 Å². The SMILES string of the molecule is CC(=O)c1ccc(NS(=O)O)c(CC#N)c1. The number of rotatable bonds is 4. The zero-order valence-electron chi connectivity index (χ0n) is 8.56. The molecule has 1 rings (SSSR count). The predicted octanol–water partition coefficient (Wildman–Crippen LogP) is 1.50. The molecule has 0 aromatic heterocycles. The molecule has 1 atom stereocenters. The topological polar surface area (TPSA) is 90.2 Å². The molecule has 0 saturated carbocycles. The fourth-order valence-corrected chi connectivity index (χ4v) is 1.63. The smallest absolute Gasteiger partial charge is 0.259 e. The molecule has 1 unspecified atom stereocenters. The molecule has 6 heteroatoms. The second-order valence-electron chi connectivity index (χ2n) is 3.11. The van der Waals surface area contributed by atoms with Crippen molar-refractivity contribution in [2.75, 3.05) is 4.72 Å². The van der Waals surface area contributed by atoms with Crippen molar-refractivity contribution in [3.63, 3.8) is 0 Å². The summed E-state index contributed by atoms with van der Waals surface area (Å²) >= 11 is -2.19. The number of nitriles is 1. The van der Waals surface area contributed by atoms with Gasteiger partial charge >= 0.3 is 0 Å². The number of carbonyl (C=O) groups excluding carboxylic acids is 1. The second-order valence-corrected chi connectivity index (χ2v) is 3.82. The number of hydrogen-bond donors (Lipinski definition) is 2. The van der Waals surface area contributed by atoms with Gasteiger partial charge in [-0.3, -0.25) is 14.1 Å². The van der Waals surface area contributed by atoms with E-state index in [0.717, 1.165) is 0 Å². The number of carbonyl (C=O) groups is 1. The summed E-state index contributed by atoms with van der Waals surface area (Å²) < 4.78 is 21.6. The van der Waals surface area contributed by atoms with E-state index in [1.54, 1.807) is 12.1 Å². The van der Waals surface area contributed by atoms with Crippen LogP contribution < -0.4 is 4.72 Å². The molecule has 0 aliphatic rings. The highest BCUT2D eigenvalue weighted by atomic mass is 32.2. The number of anilines is 1. The van der Waals surface area contributed by atoms with Gasteiger partial charge in [-0.2, -0.15) is 5.26 Å². The Hall–Kier alpha value is -1.71.